The molecule has 186 valence electrons. The van der Waals surface area contributed by atoms with Crippen LogP contribution in [0.1, 0.15) is 48.2 Å². The van der Waals surface area contributed by atoms with Gasteiger partial charge in [0.15, 0.2) is 0 Å². The molecule has 0 unspecified atom stereocenters. The number of carbonyl (C=O) groups excluding carboxylic acids is 2. The molecular formula is C28H31N5O3. The minimum atomic E-state index is -0.255. The fourth-order valence-corrected chi connectivity index (χ4v) is 4.03. The van der Waals surface area contributed by atoms with E-state index in [0.717, 1.165) is 28.9 Å². The number of unbranched alkanes of at least 4 members (excludes halogenated alkanes) is 1. The van der Waals surface area contributed by atoms with E-state index in [1.807, 2.05) is 72.5 Å². The summed E-state index contributed by atoms with van der Waals surface area (Å²) in [4.78, 5) is 29.9. The smallest absolute Gasteiger partial charge is 0.258 e. The first-order valence-electron chi connectivity index (χ1n) is 12.2. The molecule has 0 aliphatic carbocycles. The van der Waals surface area contributed by atoms with Gasteiger partial charge in [-0.2, -0.15) is 5.10 Å². The summed E-state index contributed by atoms with van der Waals surface area (Å²) in [5.74, 6) is 0.379. The zero-order valence-corrected chi connectivity index (χ0v) is 20.4. The highest BCUT2D eigenvalue weighted by Crippen LogP contribution is 2.22. The summed E-state index contributed by atoms with van der Waals surface area (Å²) in [7, 11) is 1.86. The van der Waals surface area contributed by atoms with Gasteiger partial charge in [-0.1, -0.05) is 30.3 Å². The molecule has 0 bridgehead atoms. The van der Waals surface area contributed by atoms with Crippen molar-refractivity contribution in [1.29, 1.82) is 0 Å². The van der Waals surface area contributed by atoms with Gasteiger partial charge in [0.1, 0.15) is 5.78 Å². The number of aryl methyl sites for hydroxylation is 2. The molecule has 0 saturated heterocycles. The molecule has 2 heterocycles. The average Bonchev–Trinajstić information content (AvgIpc) is 3.51. The number of aromatic nitrogens is 4. The van der Waals surface area contributed by atoms with Crippen molar-refractivity contribution in [2.24, 2.45) is 7.05 Å². The molecular weight excluding hydrogens is 454 g/mol. The number of imidazole rings is 1. The van der Waals surface area contributed by atoms with Gasteiger partial charge in [-0.25, -0.2) is 4.98 Å². The van der Waals surface area contributed by atoms with Crippen LogP contribution in [0.5, 0.6) is 0 Å². The highest BCUT2D eigenvalue weighted by Gasteiger charge is 2.15. The third-order valence-corrected chi connectivity index (χ3v) is 5.93. The first-order chi connectivity index (χ1) is 17.5. The Morgan fingerprint density at radius 1 is 0.944 bits per heavy atom. The fraction of sp³-hybridized carbons (Fsp3) is 0.286. The number of hydrogen-bond acceptors (Lipinski definition) is 5. The summed E-state index contributed by atoms with van der Waals surface area (Å²) in [6.07, 6.45) is 9.25. The third-order valence-electron chi connectivity index (χ3n) is 5.93. The number of amides is 1. The maximum Gasteiger partial charge on any atom is 0.258 e. The van der Waals surface area contributed by atoms with Crippen LogP contribution in [0.25, 0.3) is 16.8 Å². The second-order valence-corrected chi connectivity index (χ2v) is 8.77. The number of nitrogens with one attached hydrogen (secondary N) is 1. The highest BCUT2D eigenvalue weighted by atomic mass is 16.3. The lowest BCUT2D eigenvalue weighted by Gasteiger charge is -2.09. The van der Waals surface area contributed by atoms with E-state index in [2.05, 4.69) is 15.4 Å². The maximum atomic E-state index is 13.2. The van der Waals surface area contributed by atoms with Crippen molar-refractivity contribution in [2.45, 2.75) is 38.5 Å². The highest BCUT2D eigenvalue weighted by molar-refractivity contribution is 6.04. The number of nitrogens with zero attached hydrogens (tertiary/aromatic N) is 4. The summed E-state index contributed by atoms with van der Waals surface area (Å²) in [5, 5.41) is 16.0. The number of Topliss-reactive ketones (excluding diaryl/α,β-unsaturated/α-hetero) is 1. The average molecular weight is 486 g/mol. The summed E-state index contributed by atoms with van der Waals surface area (Å²) >= 11 is 0. The zero-order chi connectivity index (χ0) is 25.3. The van der Waals surface area contributed by atoms with Crippen LogP contribution >= 0.6 is 0 Å². The number of aliphatic hydroxyl groups is 1. The number of rotatable bonds is 12. The summed E-state index contributed by atoms with van der Waals surface area (Å²) in [6.45, 7) is 0.118. The molecule has 2 N–H and O–H groups in total. The van der Waals surface area contributed by atoms with E-state index in [1.54, 1.807) is 16.9 Å². The van der Waals surface area contributed by atoms with E-state index < -0.39 is 0 Å². The number of ketones is 1. The quantitative estimate of drug-likeness (QED) is 0.286. The number of hydrogen-bond donors (Lipinski definition) is 2. The molecule has 0 spiro atoms. The molecule has 2 aromatic carbocycles. The van der Waals surface area contributed by atoms with Crippen LogP contribution in [0.15, 0.2) is 73.2 Å². The summed E-state index contributed by atoms with van der Waals surface area (Å²) < 4.78 is 3.59. The van der Waals surface area contributed by atoms with Gasteiger partial charge < -0.3 is 5.11 Å². The predicted molar refractivity (Wildman–Crippen MR) is 139 cm³/mol. The molecule has 0 radical (unpaired) electrons. The van der Waals surface area contributed by atoms with E-state index in [9.17, 15) is 9.59 Å². The Hall–Kier alpha value is -4.04. The van der Waals surface area contributed by atoms with Gasteiger partial charge >= 0.3 is 0 Å². The molecule has 0 atom stereocenters. The van der Waals surface area contributed by atoms with Gasteiger partial charge in [0.25, 0.3) is 5.91 Å². The minimum absolute atomic E-state index is 0.118. The maximum absolute atomic E-state index is 13.2. The van der Waals surface area contributed by atoms with Crippen molar-refractivity contribution >= 4 is 17.6 Å². The molecule has 8 heteroatoms. The monoisotopic (exact) mass is 485 g/mol. The molecule has 4 aromatic rings. The molecule has 2 aromatic heterocycles. The second-order valence-electron chi connectivity index (χ2n) is 8.77. The van der Waals surface area contributed by atoms with Crippen molar-refractivity contribution in [1.82, 2.24) is 19.3 Å². The number of para-hydroxylation sites is 1. The van der Waals surface area contributed by atoms with E-state index in [1.165, 1.54) is 0 Å². The molecule has 0 aliphatic rings. The van der Waals surface area contributed by atoms with Crippen molar-refractivity contribution in [3.05, 3.63) is 84.4 Å². The Labute approximate surface area is 210 Å². The first-order valence-corrected chi connectivity index (χ1v) is 12.2. The Morgan fingerprint density at radius 2 is 1.75 bits per heavy atom. The predicted octanol–water partition coefficient (Wildman–Crippen LogP) is 4.58. The third kappa shape index (κ3) is 6.55. The summed E-state index contributed by atoms with van der Waals surface area (Å²) in [5.41, 5.74) is 4.06. The number of carbonyl (C=O) groups is 2. The largest absolute Gasteiger partial charge is 0.396 e. The van der Waals surface area contributed by atoms with E-state index in [0.29, 0.717) is 43.6 Å². The Balaban J connectivity index is 1.49. The lowest BCUT2D eigenvalue weighted by atomic mass is 10.1. The Morgan fingerprint density at radius 3 is 2.50 bits per heavy atom. The van der Waals surface area contributed by atoms with Gasteiger partial charge in [-0.15, -0.1) is 0 Å². The molecule has 0 fully saturated rings. The van der Waals surface area contributed by atoms with Crippen LogP contribution in [0.3, 0.4) is 0 Å². The molecule has 36 heavy (non-hydrogen) atoms. The topological polar surface area (TPSA) is 102 Å². The Kier molecular flexibility index (Phi) is 8.41. The first kappa shape index (κ1) is 25.1. The van der Waals surface area contributed by atoms with E-state index in [4.69, 9.17) is 5.11 Å². The lowest BCUT2D eigenvalue weighted by molar-refractivity contribution is -0.119. The van der Waals surface area contributed by atoms with Crippen LogP contribution in [-0.2, 0) is 18.3 Å². The second kappa shape index (κ2) is 12.1. The van der Waals surface area contributed by atoms with Crippen molar-refractivity contribution in [3.63, 3.8) is 0 Å². The van der Waals surface area contributed by atoms with Gasteiger partial charge in [0.2, 0.25) is 5.95 Å². The van der Waals surface area contributed by atoms with E-state index >= 15 is 0 Å². The van der Waals surface area contributed by atoms with Crippen molar-refractivity contribution < 1.29 is 14.7 Å². The lowest BCUT2D eigenvalue weighted by Crippen LogP contribution is -2.15. The van der Waals surface area contributed by atoms with Crippen LogP contribution in [-0.4, -0.2) is 42.7 Å². The molecule has 8 nitrogen and oxygen atoms in total. The minimum Gasteiger partial charge on any atom is -0.396 e. The molecule has 4 rings (SSSR count). The summed E-state index contributed by atoms with van der Waals surface area (Å²) in [6, 6.07) is 17.1. The number of benzene rings is 2. The van der Waals surface area contributed by atoms with Crippen molar-refractivity contribution in [3.8, 4) is 16.8 Å². The molecule has 0 saturated carbocycles. The van der Waals surface area contributed by atoms with Crippen LogP contribution < -0.4 is 5.32 Å². The SMILES string of the molecule is Cn1cc(-c2cccc(C(=O)Nc3nc(CCCC(=O)CCCCO)cn3-c3ccccc3)c2)cn1. The van der Waals surface area contributed by atoms with E-state index in [-0.39, 0.29) is 18.3 Å². The van der Waals surface area contributed by atoms with Crippen molar-refractivity contribution in [2.75, 3.05) is 11.9 Å². The normalized spacial score (nSPS) is 10.9. The standard InChI is InChI=1S/C28H31N5O3/c1-32-19-23(18-29-32)21-9-7-10-22(17-21)27(36)31-28-30-24(11-8-15-26(35)14-5-6-16-34)20-33(28)25-12-3-2-4-13-25/h2-4,7,9-10,12-13,17-20,34H,5-6,8,11,14-16H2,1H3,(H,30,31,36). The Bertz CT molecular complexity index is 1310. The number of anilines is 1. The number of aliphatic hydroxyl groups excluding tert-OH is 1. The van der Waals surface area contributed by atoms with Crippen LogP contribution in [0.4, 0.5) is 5.95 Å². The van der Waals surface area contributed by atoms with Gasteiger partial charge in [0.05, 0.1) is 11.9 Å². The van der Waals surface area contributed by atoms with Crippen LogP contribution in [0, 0.1) is 0 Å². The van der Waals surface area contributed by atoms with Gasteiger partial charge in [-0.05, 0) is 55.5 Å². The fourth-order valence-electron chi connectivity index (χ4n) is 4.03. The molecule has 0 aliphatic heterocycles. The van der Waals surface area contributed by atoms with Gasteiger partial charge in [-0.3, -0.25) is 24.2 Å². The zero-order valence-electron chi connectivity index (χ0n) is 20.4. The molecule has 1 amide bonds. The van der Waals surface area contributed by atoms with Crippen LogP contribution in [0.2, 0.25) is 0 Å². The van der Waals surface area contributed by atoms with Gasteiger partial charge in [0, 0.05) is 55.7 Å².